The molecule has 0 bridgehead atoms. The minimum absolute atomic E-state index is 0.181. The molecule has 1 atom stereocenters. The normalized spacial score (nSPS) is 11.2. The number of carboxylic acid groups (broad SMARTS) is 1. The Bertz CT molecular complexity index is 306. The van der Waals surface area contributed by atoms with Gasteiger partial charge in [-0.05, 0) is 30.5 Å². The number of benzene rings is 1. The van der Waals surface area contributed by atoms with Crippen molar-refractivity contribution in [1.82, 2.24) is 0 Å². The highest BCUT2D eigenvalue weighted by Crippen LogP contribution is 2.04. The SMILES string of the molecule is CCC(C)C(=O)O.CCc1ccc(N)cc1. The minimum atomic E-state index is -0.706. The molecule has 0 radical (unpaired) electrons. The van der Waals surface area contributed by atoms with E-state index in [1.54, 1.807) is 6.92 Å². The van der Waals surface area contributed by atoms with Gasteiger partial charge in [0.15, 0.2) is 0 Å². The van der Waals surface area contributed by atoms with Crippen LogP contribution in [0.4, 0.5) is 5.69 Å². The van der Waals surface area contributed by atoms with E-state index in [2.05, 4.69) is 19.1 Å². The highest BCUT2D eigenvalue weighted by molar-refractivity contribution is 5.69. The smallest absolute Gasteiger partial charge is 0.306 e. The summed E-state index contributed by atoms with van der Waals surface area (Å²) in [4.78, 5) is 9.93. The van der Waals surface area contributed by atoms with Gasteiger partial charge in [-0.25, -0.2) is 0 Å². The van der Waals surface area contributed by atoms with Crippen LogP contribution in [0.1, 0.15) is 32.8 Å². The lowest BCUT2D eigenvalue weighted by molar-refractivity contribution is -0.141. The molecule has 1 aromatic rings. The molecule has 90 valence electrons. The third-order valence-corrected chi connectivity index (χ3v) is 2.42. The summed E-state index contributed by atoms with van der Waals surface area (Å²) in [7, 11) is 0. The first-order valence-electron chi connectivity index (χ1n) is 5.58. The molecule has 3 heteroatoms. The van der Waals surface area contributed by atoms with Gasteiger partial charge in [-0.3, -0.25) is 4.79 Å². The number of anilines is 1. The predicted molar refractivity (Wildman–Crippen MR) is 67.3 cm³/mol. The molecular weight excluding hydrogens is 202 g/mol. The van der Waals surface area contributed by atoms with E-state index in [4.69, 9.17) is 10.8 Å². The Balaban J connectivity index is 0.000000293. The van der Waals surface area contributed by atoms with Gasteiger partial charge < -0.3 is 10.8 Å². The number of nitrogen functional groups attached to an aromatic ring is 1. The first-order chi connectivity index (χ1) is 7.51. The Kier molecular flexibility index (Phi) is 7.01. The third kappa shape index (κ3) is 6.06. The maximum atomic E-state index is 9.93. The Morgan fingerprint density at radius 2 is 1.81 bits per heavy atom. The van der Waals surface area contributed by atoms with Gasteiger partial charge in [0.05, 0.1) is 5.92 Å². The summed E-state index contributed by atoms with van der Waals surface area (Å²) >= 11 is 0. The number of hydrogen-bond acceptors (Lipinski definition) is 2. The van der Waals surface area contributed by atoms with Crippen LogP contribution in [0.15, 0.2) is 24.3 Å². The predicted octanol–water partition coefficient (Wildman–Crippen LogP) is 2.95. The van der Waals surface area contributed by atoms with Crippen molar-refractivity contribution in [3.63, 3.8) is 0 Å². The van der Waals surface area contributed by atoms with Gasteiger partial charge in [0, 0.05) is 5.69 Å². The lowest BCUT2D eigenvalue weighted by atomic mass is 10.1. The van der Waals surface area contributed by atoms with Crippen LogP contribution in [0.2, 0.25) is 0 Å². The molecule has 0 fully saturated rings. The lowest BCUT2D eigenvalue weighted by Crippen LogP contribution is -2.06. The van der Waals surface area contributed by atoms with Crippen LogP contribution < -0.4 is 5.73 Å². The van der Waals surface area contributed by atoms with Gasteiger partial charge in [-0.15, -0.1) is 0 Å². The van der Waals surface area contributed by atoms with Gasteiger partial charge in [-0.1, -0.05) is 32.9 Å². The monoisotopic (exact) mass is 223 g/mol. The molecule has 0 aromatic heterocycles. The average molecular weight is 223 g/mol. The number of carboxylic acids is 1. The van der Waals surface area contributed by atoms with E-state index >= 15 is 0 Å². The van der Waals surface area contributed by atoms with Crippen molar-refractivity contribution in [3.05, 3.63) is 29.8 Å². The summed E-state index contributed by atoms with van der Waals surface area (Å²) in [6, 6.07) is 7.96. The van der Waals surface area contributed by atoms with Crippen LogP contribution >= 0.6 is 0 Å². The maximum absolute atomic E-state index is 9.93. The summed E-state index contributed by atoms with van der Waals surface area (Å²) < 4.78 is 0. The van der Waals surface area contributed by atoms with E-state index in [9.17, 15) is 4.79 Å². The van der Waals surface area contributed by atoms with Crippen molar-refractivity contribution in [2.75, 3.05) is 5.73 Å². The van der Waals surface area contributed by atoms with Gasteiger partial charge in [0.1, 0.15) is 0 Å². The van der Waals surface area contributed by atoms with Crippen molar-refractivity contribution >= 4 is 11.7 Å². The molecule has 0 heterocycles. The van der Waals surface area contributed by atoms with Gasteiger partial charge in [0.25, 0.3) is 0 Å². The van der Waals surface area contributed by atoms with Crippen LogP contribution in [0.5, 0.6) is 0 Å². The van der Waals surface area contributed by atoms with Crippen LogP contribution in [0.25, 0.3) is 0 Å². The second-order valence-electron chi connectivity index (χ2n) is 3.74. The molecule has 0 aliphatic heterocycles. The van der Waals surface area contributed by atoms with Crippen LogP contribution in [-0.2, 0) is 11.2 Å². The number of carbonyl (C=O) groups is 1. The molecule has 3 nitrogen and oxygen atoms in total. The van der Waals surface area contributed by atoms with Gasteiger partial charge >= 0.3 is 5.97 Å². The molecule has 0 saturated heterocycles. The second-order valence-corrected chi connectivity index (χ2v) is 3.74. The van der Waals surface area contributed by atoms with Crippen molar-refractivity contribution in [1.29, 1.82) is 0 Å². The summed E-state index contributed by atoms with van der Waals surface area (Å²) in [5.74, 6) is -0.887. The minimum Gasteiger partial charge on any atom is -0.481 e. The number of hydrogen-bond donors (Lipinski definition) is 2. The molecular formula is C13H21NO2. The van der Waals surface area contributed by atoms with Gasteiger partial charge in [-0.2, -0.15) is 0 Å². The third-order valence-electron chi connectivity index (χ3n) is 2.42. The summed E-state index contributed by atoms with van der Waals surface area (Å²) in [5, 5.41) is 8.18. The van der Waals surface area contributed by atoms with Crippen molar-refractivity contribution in [2.24, 2.45) is 5.92 Å². The molecule has 3 N–H and O–H groups in total. The van der Waals surface area contributed by atoms with E-state index < -0.39 is 5.97 Å². The molecule has 0 saturated carbocycles. The fraction of sp³-hybridized carbons (Fsp3) is 0.462. The zero-order valence-electron chi connectivity index (χ0n) is 10.2. The quantitative estimate of drug-likeness (QED) is 0.774. The Hall–Kier alpha value is -1.51. The van der Waals surface area contributed by atoms with Crippen LogP contribution in [0.3, 0.4) is 0 Å². The van der Waals surface area contributed by atoms with Crippen LogP contribution in [-0.4, -0.2) is 11.1 Å². The molecule has 0 spiro atoms. The number of aryl methyl sites for hydroxylation is 1. The molecule has 0 aliphatic rings. The fourth-order valence-corrected chi connectivity index (χ4v) is 0.928. The standard InChI is InChI=1S/C8H11N.C5H10O2/c1-2-7-3-5-8(9)6-4-7;1-3-4(2)5(6)7/h3-6H,2,9H2,1H3;4H,3H2,1-2H3,(H,6,7). The fourth-order valence-electron chi connectivity index (χ4n) is 0.928. The van der Waals surface area contributed by atoms with E-state index in [1.165, 1.54) is 5.56 Å². The van der Waals surface area contributed by atoms with E-state index in [1.807, 2.05) is 19.1 Å². The first-order valence-corrected chi connectivity index (χ1v) is 5.58. The Labute approximate surface area is 97.3 Å². The maximum Gasteiger partial charge on any atom is 0.306 e. The molecule has 0 aliphatic carbocycles. The largest absolute Gasteiger partial charge is 0.481 e. The van der Waals surface area contributed by atoms with Crippen molar-refractivity contribution in [3.8, 4) is 0 Å². The molecule has 1 unspecified atom stereocenters. The summed E-state index contributed by atoms with van der Waals surface area (Å²) in [5.41, 5.74) is 7.66. The molecule has 1 rings (SSSR count). The zero-order chi connectivity index (χ0) is 12.6. The van der Waals surface area contributed by atoms with E-state index in [0.29, 0.717) is 0 Å². The number of nitrogens with two attached hydrogens (primary N) is 1. The second kappa shape index (κ2) is 7.74. The van der Waals surface area contributed by atoms with Crippen molar-refractivity contribution in [2.45, 2.75) is 33.6 Å². The van der Waals surface area contributed by atoms with Gasteiger partial charge in [0.2, 0.25) is 0 Å². The number of rotatable bonds is 3. The molecule has 1 aromatic carbocycles. The highest BCUT2D eigenvalue weighted by atomic mass is 16.4. The summed E-state index contributed by atoms with van der Waals surface area (Å²) in [6.07, 6.45) is 1.80. The number of aliphatic carboxylic acids is 1. The zero-order valence-corrected chi connectivity index (χ0v) is 10.2. The highest BCUT2D eigenvalue weighted by Gasteiger charge is 2.05. The van der Waals surface area contributed by atoms with E-state index in [0.717, 1.165) is 18.5 Å². The van der Waals surface area contributed by atoms with Crippen LogP contribution in [0, 0.1) is 5.92 Å². The lowest BCUT2D eigenvalue weighted by Gasteiger charge is -1.96. The van der Waals surface area contributed by atoms with E-state index in [-0.39, 0.29) is 5.92 Å². The molecule has 16 heavy (non-hydrogen) atoms. The average Bonchev–Trinajstić information content (AvgIpc) is 2.29. The molecule has 0 amide bonds. The first kappa shape index (κ1) is 14.5. The summed E-state index contributed by atoms with van der Waals surface area (Å²) in [6.45, 7) is 5.69. The Morgan fingerprint density at radius 1 is 1.31 bits per heavy atom. The Morgan fingerprint density at radius 3 is 2.06 bits per heavy atom. The van der Waals surface area contributed by atoms with Crippen molar-refractivity contribution < 1.29 is 9.90 Å². The topological polar surface area (TPSA) is 63.3 Å².